The van der Waals surface area contributed by atoms with Gasteiger partial charge in [0.1, 0.15) is 12.7 Å². The Balaban J connectivity index is 1.58. The highest BCUT2D eigenvalue weighted by molar-refractivity contribution is 6.30. The third-order valence-corrected chi connectivity index (χ3v) is 7.58. The number of nitrogens with one attached hydrogen (secondary N) is 1. The second kappa shape index (κ2) is 13.3. The van der Waals surface area contributed by atoms with E-state index in [1.165, 1.54) is 48.5 Å². The number of aromatic amines is 1. The molecular formula is C34H27ClN2O9. The van der Waals surface area contributed by atoms with Gasteiger partial charge in [0.2, 0.25) is 11.7 Å². The molecule has 3 aromatic carbocycles. The predicted molar refractivity (Wildman–Crippen MR) is 166 cm³/mol. The maximum atomic E-state index is 13.6. The summed E-state index contributed by atoms with van der Waals surface area (Å²) >= 11 is 5.93. The van der Waals surface area contributed by atoms with Crippen LogP contribution in [0, 0.1) is 26.2 Å². The summed E-state index contributed by atoms with van der Waals surface area (Å²) in [5, 5.41) is 0.400. The lowest BCUT2D eigenvalue weighted by molar-refractivity contribution is -0.0784. The van der Waals surface area contributed by atoms with Gasteiger partial charge in [-0.1, -0.05) is 52.9 Å². The quantitative estimate of drug-likeness (QED) is 0.171. The number of esters is 3. The van der Waals surface area contributed by atoms with Crippen molar-refractivity contribution in [3.05, 3.63) is 139 Å². The van der Waals surface area contributed by atoms with Crippen molar-refractivity contribution >= 4 is 29.5 Å². The molecule has 1 N–H and O–H groups in total. The second-order valence-corrected chi connectivity index (χ2v) is 11.0. The maximum absolute atomic E-state index is 13.6. The average Bonchev–Trinajstić information content (AvgIpc) is 3.32. The Morgan fingerprint density at radius 2 is 1.41 bits per heavy atom. The Bertz CT molecular complexity index is 1930. The van der Waals surface area contributed by atoms with Gasteiger partial charge < -0.3 is 18.9 Å². The number of carbonyl (C=O) groups excluding carboxylic acids is 3. The molecule has 2 heterocycles. The van der Waals surface area contributed by atoms with Gasteiger partial charge in [-0.3, -0.25) is 14.3 Å². The van der Waals surface area contributed by atoms with Crippen LogP contribution in [0.5, 0.6) is 0 Å². The number of benzene rings is 3. The van der Waals surface area contributed by atoms with Crippen LogP contribution in [-0.2, 0) is 18.9 Å². The van der Waals surface area contributed by atoms with Gasteiger partial charge in [0.05, 0.1) is 16.7 Å². The van der Waals surface area contributed by atoms with Crippen molar-refractivity contribution in [2.75, 3.05) is 6.61 Å². The van der Waals surface area contributed by atoms with Crippen molar-refractivity contribution in [2.45, 2.75) is 37.9 Å². The Morgan fingerprint density at radius 1 is 0.870 bits per heavy atom. The average molecular weight is 643 g/mol. The topological polar surface area (TPSA) is 143 Å². The fourth-order valence-electron chi connectivity index (χ4n) is 4.81. The van der Waals surface area contributed by atoms with E-state index in [9.17, 15) is 24.0 Å². The minimum Gasteiger partial charge on any atom is -0.459 e. The summed E-state index contributed by atoms with van der Waals surface area (Å²) in [6, 6.07) is 19.8. The largest absolute Gasteiger partial charge is 0.459 e. The number of hydrogen-bond acceptors (Lipinski definition) is 9. The SMILES string of the molecule is C#C[C@@]1(OC(=O)c2ccc(C)cc2)[C@@H](COC(=O)c2ccc(Cl)cc2)O[C@@H](n2ccc(=O)[nH]c2=O)[C@@H]1OC(=O)c1ccc(C)cc1. The molecular weight excluding hydrogens is 616 g/mol. The Labute approximate surface area is 267 Å². The molecule has 234 valence electrons. The molecule has 0 unspecified atom stereocenters. The molecule has 46 heavy (non-hydrogen) atoms. The van der Waals surface area contributed by atoms with Gasteiger partial charge in [0.15, 0.2) is 6.23 Å². The number of aryl methyl sites for hydroxylation is 2. The van der Waals surface area contributed by atoms with Crippen LogP contribution in [0.2, 0.25) is 5.02 Å². The third kappa shape index (κ3) is 6.63. The van der Waals surface area contributed by atoms with Crippen molar-refractivity contribution < 1.29 is 33.3 Å². The Morgan fingerprint density at radius 3 is 1.98 bits per heavy atom. The second-order valence-electron chi connectivity index (χ2n) is 10.5. The van der Waals surface area contributed by atoms with Crippen LogP contribution in [0.1, 0.15) is 48.4 Å². The molecule has 0 bridgehead atoms. The fourth-order valence-corrected chi connectivity index (χ4v) is 4.93. The molecule has 0 aliphatic carbocycles. The molecule has 4 atom stereocenters. The van der Waals surface area contributed by atoms with Gasteiger partial charge in [-0.05, 0) is 62.4 Å². The molecule has 0 saturated carbocycles. The molecule has 1 aromatic heterocycles. The van der Waals surface area contributed by atoms with Crippen LogP contribution in [0.4, 0.5) is 0 Å². The zero-order valence-corrected chi connectivity index (χ0v) is 25.4. The Hall–Kier alpha value is -5.44. The van der Waals surface area contributed by atoms with Crippen molar-refractivity contribution in [3.63, 3.8) is 0 Å². The lowest BCUT2D eigenvalue weighted by Crippen LogP contribution is -2.54. The fraction of sp³-hybridized carbons (Fsp3) is 0.206. The maximum Gasteiger partial charge on any atom is 0.339 e. The number of nitrogens with zero attached hydrogens (tertiary/aromatic N) is 1. The number of H-pyrrole nitrogens is 1. The van der Waals surface area contributed by atoms with E-state index in [0.717, 1.165) is 28.0 Å². The lowest BCUT2D eigenvalue weighted by Gasteiger charge is -2.33. The summed E-state index contributed by atoms with van der Waals surface area (Å²) in [5.41, 5.74) is -1.72. The van der Waals surface area contributed by atoms with Gasteiger partial charge >= 0.3 is 23.6 Å². The van der Waals surface area contributed by atoms with Crippen molar-refractivity contribution in [1.82, 2.24) is 9.55 Å². The number of carbonyl (C=O) groups is 3. The zero-order chi connectivity index (χ0) is 33.0. The van der Waals surface area contributed by atoms with Crippen molar-refractivity contribution in [1.29, 1.82) is 0 Å². The van der Waals surface area contributed by atoms with Crippen LogP contribution < -0.4 is 11.2 Å². The number of hydrogen-bond donors (Lipinski definition) is 1. The number of halogens is 1. The van der Waals surface area contributed by atoms with Crippen molar-refractivity contribution in [2.24, 2.45) is 0 Å². The molecule has 1 saturated heterocycles. The zero-order valence-electron chi connectivity index (χ0n) is 24.6. The first kappa shape index (κ1) is 32.0. The molecule has 1 aliphatic rings. The molecule has 12 heteroatoms. The summed E-state index contributed by atoms with van der Waals surface area (Å²) in [5.74, 6) is -0.143. The molecule has 1 aliphatic heterocycles. The normalized spacial score (nSPS) is 20.3. The van der Waals surface area contributed by atoms with Crippen LogP contribution in [-0.4, -0.2) is 51.9 Å². The number of terminal acetylenes is 1. The third-order valence-electron chi connectivity index (χ3n) is 7.33. The van der Waals surface area contributed by atoms with Crippen molar-refractivity contribution in [3.8, 4) is 12.3 Å². The van der Waals surface area contributed by atoms with E-state index in [1.807, 2.05) is 13.8 Å². The number of rotatable bonds is 8. The first-order chi connectivity index (χ1) is 22.0. The molecule has 0 spiro atoms. The van der Waals surface area contributed by atoms with Crippen LogP contribution in [0.3, 0.4) is 0 Å². The molecule has 1 fully saturated rings. The smallest absolute Gasteiger partial charge is 0.339 e. The summed E-state index contributed by atoms with van der Waals surface area (Å²) < 4.78 is 24.4. The summed E-state index contributed by atoms with van der Waals surface area (Å²) in [6.07, 6.45) is 2.50. The lowest BCUT2D eigenvalue weighted by atomic mass is 9.92. The monoisotopic (exact) mass is 642 g/mol. The number of ether oxygens (including phenoxy) is 4. The van der Waals surface area contributed by atoms with E-state index in [2.05, 4.69) is 10.9 Å². The van der Waals surface area contributed by atoms with E-state index < -0.39 is 59.8 Å². The minimum absolute atomic E-state index is 0.116. The van der Waals surface area contributed by atoms with E-state index in [1.54, 1.807) is 24.3 Å². The van der Waals surface area contributed by atoms with Crippen LogP contribution >= 0.6 is 11.6 Å². The van der Waals surface area contributed by atoms with Gasteiger partial charge in [-0.25, -0.2) is 19.2 Å². The molecule has 4 aromatic rings. The molecule has 0 radical (unpaired) electrons. The summed E-state index contributed by atoms with van der Waals surface area (Å²) in [6.45, 7) is 3.07. The first-order valence-electron chi connectivity index (χ1n) is 14.0. The number of aromatic nitrogens is 2. The van der Waals surface area contributed by atoms with Gasteiger partial charge in [-0.2, -0.15) is 0 Å². The Kier molecular flexibility index (Phi) is 9.23. The predicted octanol–water partition coefficient (Wildman–Crippen LogP) is 4.02. The van der Waals surface area contributed by atoms with Crippen LogP contribution in [0.25, 0.3) is 0 Å². The van der Waals surface area contributed by atoms with E-state index in [4.69, 9.17) is 37.0 Å². The molecule has 0 amide bonds. The standard InChI is InChI=1S/C34H27ClN2O9/c1-4-34(46-32(41)24-11-7-21(3)8-12-24)26(19-43-30(39)22-13-15-25(35)16-14-22)44-29(37-18-17-27(38)36-33(37)42)28(34)45-31(40)23-9-5-20(2)6-10-23/h1,5-18,26,28-29H,19H2,2-3H3,(H,36,38,42)/t26-,28+,29-,34-/m1/s1. The highest BCUT2D eigenvalue weighted by Crippen LogP contribution is 2.42. The van der Waals surface area contributed by atoms with E-state index in [0.29, 0.717) is 5.02 Å². The summed E-state index contributed by atoms with van der Waals surface area (Å²) in [7, 11) is 0. The highest BCUT2D eigenvalue weighted by Gasteiger charge is 2.63. The van der Waals surface area contributed by atoms with Gasteiger partial charge in [0.25, 0.3) is 5.56 Å². The highest BCUT2D eigenvalue weighted by atomic mass is 35.5. The van der Waals surface area contributed by atoms with E-state index in [-0.39, 0.29) is 16.7 Å². The minimum atomic E-state index is -2.25. The molecule has 11 nitrogen and oxygen atoms in total. The molecule has 5 rings (SSSR count). The van der Waals surface area contributed by atoms with Gasteiger partial charge in [0, 0.05) is 17.3 Å². The van der Waals surface area contributed by atoms with Crippen LogP contribution in [0.15, 0.2) is 94.6 Å². The first-order valence-corrected chi connectivity index (χ1v) is 14.3. The summed E-state index contributed by atoms with van der Waals surface area (Å²) in [4.78, 5) is 66.9. The van der Waals surface area contributed by atoms with E-state index >= 15 is 0 Å². The van der Waals surface area contributed by atoms with Gasteiger partial charge in [-0.15, -0.1) is 6.42 Å².